The van der Waals surface area contributed by atoms with Crippen LogP contribution >= 0.6 is 0 Å². The van der Waals surface area contributed by atoms with Gasteiger partial charge in [-0.1, -0.05) is 6.07 Å². The van der Waals surface area contributed by atoms with Gasteiger partial charge in [0.2, 0.25) is 0 Å². The van der Waals surface area contributed by atoms with Crippen LogP contribution < -0.4 is 16.4 Å². The Hall–Kier alpha value is -1.29. The van der Waals surface area contributed by atoms with Crippen molar-refractivity contribution in [3.8, 4) is 0 Å². The molecule has 1 aromatic heterocycles. The van der Waals surface area contributed by atoms with Crippen molar-refractivity contribution in [2.75, 3.05) is 23.7 Å². The van der Waals surface area contributed by atoms with E-state index >= 15 is 0 Å². The Morgan fingerprint density at radius 2 is 2.31 bits per heavy atom. The number of hydrogen-bond acceptors (Lipinski definition) is 4. The minimum atomic E-state index is 0.281. The summed E-state index contributed by atoms with van der Waals surface area (Å²) >= 11 is 0. The molecule has 0 amide bonds. The predicted octanol–water partition coefficient (Wildman–Crippen LogP) is 0.201. The third-order valence-electron chi connectivity index (χ3n) is 2.30. The van der Waals surface area contributed by atoms with Gasteiger partial charge >= 0.3 is 0 Å². The van der Waals surface area contributed by atoms with E-state index in [1.54, 1.807) is 6.07 Å². The smallest absolute Gasteiger partial charge is 0.130 e. The fraction of sp³-hybridized carbons (Fsp3) is 0.444. The van der Waals surface area contributed by atoms with Crippen LogP contribution in [-0.2, 0) is 0 Å². The SMILES string of the molecule is Nc1cccc(N2CCC(N)C2)n1. The fourth-order valence-corrected chi connectivity index (χ4v) is 1.61. The van der Waals surface area contributed by atoms with E-state index in [0.29, 0.717) is 5.82 Å². The maximum atomic E-state index is 5.80. The minimum absolute atomic E-state index is 0.281. The molecule has 0 aliphatic carbocycles. The van der Waals surface area contributed by atoms with Crippen LogP contribution in [0.15, 0.2) is 18.2 Å². The summed E-state index contributed by atoms with van der Waals surface area (Å²) in [6, 6.07) is 5.96. The third kappa shape index (κ3) is 1.72. The molecule has 1 atom stereocenters. The standard InChI is InChI=1S/C9H14N4/c10-7-4-5-13(6-7)9-3-1-2-8(11)12-9/h1-3,7H,4-6,10H2,(H2,11,12). The number of pyridine rings is 1. The first kappa shape index (κ1) is 8.31. The normalized spacial score (nSPS) is 22.2. The lowest BCUT2D eigenvalue weighted by Gasteiger charge is -2.16. The Kier molecular flexibility index (Phi) is 2.06. The van der Waals surface area contributed by atoms with E-state index in [2.05, 4.69) is 9.88 Å². The Labute approximate surface area is 77.5 Å². The lowest BCUT2D eigenvalue weighted by atomic mass is 10.3. The molecule has 4 heteroatoms. The second kappa shape index (κ2) is 3.22. The van der Waals surface area contributed by atoms with Gasteiger partial charge in [0.15, 0.2) is 0 Å². The molecular weight excluding hydrogens is 164 g/mol. The summed E-state index contributed by atoms with van der Waals surface area (Å²) in [5.41, 5.74) is 11.4. The van der Waals surface area contributed by atoms with Crippen LogP contribution in [0.5, 0.6) is 0 Å². The average Bonchev–Trinajstić information content (AvgIpc) is 2.52. The highest BCUT2D eigenvalue weighted by atomic mass is 15.2. The summed E-state index contributed by atoms with van der Waals surface area (Å²) in [7, 11) is 0. The van der Waals surface area contributed by atoms with Gasteiger partial charge in [-0.15, -0.1) is 0 Å². The molecule has 0 bridgehead atoms. The molecule has 1 aromatic rings. The number of hydrogen-bond donors (Lipinski definition) is 2. The first-order valence-corrected chi connectivity index (χ1v) is 4.49. The molecule has 1 unspecified atom stereocenters. The number of nitrogen functional groups attached to an aromatic ring is 1. The number of anilines is 2. The van der Waals surface area contributed by atoms with Crippen molar-refractivity contribution in [1.29, 1.82) is 0 Å². The molecule has 13 heavy (non-hydrogen) atoms. The van der Waals surface area contributed by atoms with Crippen LogP contribution in [0.2, 0.25) is 0 Å². The zero-order valence-corrected chi connectivity index (χ0v) is 7.48. The largest absolute Gasteiger partial charge is 0.384 e. The molecule has 1 fully saturated rings. The average molecular weight is 178 g/mol. The molecule has 0 saturated carbocycles. The zero-order valence-electron chi connectivity index (χ0n) is 7.48. The van der Waals surface area contributed by atoms with Gasteiger partial charge in [0.25, 0.3) is 0 Å². The van der Waals surface area contributed by atoms with Gasteiger partial charge in [0.1, 0.15) is 11.6 Å². The van der Waals surface area contributed by atoms with Gasteiger partial charge in [-0.05, 0) is 18.6 Å². The van der Waals surface area contributed by atoms with Gasteiger partial charge in [-0.25, -0.2) is 4.98 Å². The van der Waals surface area contributed by atoms with Crippen molar-refractivity contribution in [3.05, 3.63) is 18.2 Å². The van der Waals surface area contributed by atoms with Crippen LogP contribution in [0.25, 0.3) is 0 Å². The van der Waals surface area contributed by atoms with E-state index < -0.39 is 0 Å². The number of aromatic nitrogens is 1. The molecule has 70 valence electrons. The van der Waals surface area contributed by atoms with E-state index in [0.717, 1.165) is 25.3 Å². The van der Waals surface area contributed by atoms with Crippen molar-refractivity contribution in [2.24, 2.45) is 5.73 Å². The molecule has 1 aliphatic rings. The van der Waals surface area contributed by atoms with Gasteiger partial charge in [0, 0.05) is 19.1 Å². The summed E-state index contributed by atoms with van der Waals surface area (Å²) in [6.45, 7) is 1.87. The summed E-state index contributed by atoms with van der Waals surface area (Å²) in [5, 5.41) is 0. The van der Waals surface area contributed by atoms with E-state index in [9.17, 15) is 0 Å². The highest BCUT2D eigenvalue weighted by Gasteiger charge is 2.19. The molecule has 0 radical (unpaired) electrons. The van der Waals surface area contributed by atoms with E-state index in [1.165, 1.54) is 0 Å². The minimum Gasteiger partial charge on any atom is -0.384 e. The van der Waals surface area contributed by atoms with Crippen LogP contribution in [0.3, 0.4) is 0 Å². The topological polar surface area (TPSA) is 68.2 Å². The Bertz CT molecular complexity index is 299. The van der Waals surface area contributed by atoms with Gasteiger partial charge in [0.05, 0.1) is 0 Å². The molecule has 2 heterocycles. The fourth-order valence-electron chi connectivity index (χ4n) is 1.61. The van der Waals surface area contributed by atoms with E-state index in [1.807, 2.05) is 12.1 Å². The highest BCUT2D eigenvalue weighted by Crippen LogP contribution is 2.17. The highest BCUT2D eigenvalue weighted by molar-refractivity contribution is 5.45. The zero-order chi connectivity index (χ0) is 9.26. The van der Waals surface area contributed by atoms with Crippen LogP contribution in [0, 0.1) is 0 Å². The van der Waals surface area contributed by atoms with Crippen LogP contribution in [-0.4, -0.2) is 24.1 Å². The predicted molar refractivity (Wildman–Crippen MR) is 53.5 cm³/mol. The van der Waals surface area contributed by atoms with Crippen LogP contribution in [0.1, 0.15) is 6.42 Å². The van der Waals surface area contributed by atoms with Crippen molar-refractivity contribution in [1.82, 2.24) is 4.98 Å². The molecule has 1 saturated heterocycles. The van der Waals surface area contributed by atoms with Crippen molar-refractivity contribution >= 4 is 11.6 Å². The maximum absolute atomic E-state index is 5.80. The van der Waals surface area contributed by atoms with Gasteiger partial charge < -0.3 is 16.4 Å². The molecular formula is C9H14N4. The monoisotopic (exact) mass is 178 g/mol. The Morgan fingerprint density at radius 1 is 1.46 bits per heavy atom. The maximum Gasteiger partial charge on any atom is 0.130 e. The summed E-state index contributed by atoms with van der Waals surface area (Å²) in [4.78, 5) is 6.41. The molecule has 1 aliphatic heterocycles. The lowest BCUT2D eigenvalue weighted by Crippen LogP contribution is -2.26. The van der Waals surface area contributed by atoms with Gasteiger partial charge in [-0.2, -0.15) is 0 Å². The van der Waals surface area contributed by atoms with Crippen molar-refractivity contribution < 1.29 is 0 Å². The van der Waals surface area contributed by atoms with Gasteiger partial charge in [-0.3, -0.25) is 0 Å². The third-order valence-corrected chi connectivity index (χ3v) is 2.30. The quantitative estimate of drug-likeness (QED) is 0.644. The molecule has 4 nitrogen and oxygen atoms in total. The number of rotatable bonds is 1. The summed E-state index contributed by atoms with van der Waals surface area (Å²) in [6.07, 6.45) is 1.04. The first-order chi connectivity index (χ1) is 6.25. The summed E-state index contributed by atoms with van der Waals surface area (Å²) in [5.74, 6) is 1.51. The second-order valence-electron chi connectivity index (χ2n) is 3.42. The van der Waals surface area contributed by atoms with Crippen LogP contribution in [0.4, 0.5) is 11.6 Å². The first-order valence-electron chi connectivity index (χ1n) is 4.49. The molecule has 0 aromatic carbocycles. The van der Waals surface area contributed by atoms with E-state index in [-0.39, 0.29) is 6.04 Å². The van der Waals surface area contributed by atoms with E-state index in [4.69, 9.17) is 11.5 Å². The molecule has 4 N–H and O–H groups in total. The number of nitrogens with two attached hydrogens (primary N) is 2. The second-order valence-corrected chi connectivity index (χ2v) is 3.42. The summed E-state index contributed by atoms with van der Waals surface area (Å²) < 4.78 is 0. The van der Waals surface area contributed by atoms with Crippen molar-refractivity contribution in [3.63, 3.8) is 0 Å². The van der Waals surface area contributed by atoms with Crippen molar-refractivity contribution in [2.45, 2.75) is 12.5 Å². The Morgan fingerprint density at radius 3 is 2.92 bits per heavy atom. The Balaban J connectivity index is 2.16. The molecule has 0 spiro atoms. The molecule has 2 rings (SSSR count). The lowest BCUT2D eigenvalue weighted by molar-refractivity contribution is 0.751. The number of nitrogens with zero attached hydrogens (tertiary/aromatic N) is 2.